The third-order valence-corrected chi connectivity index (χ3v) is 2.97. The number of nitrogens with zero attached hydrogens (tertiary/aromatic N) is 1. The van der Waals surface area contributed by atoms with Gasteiger partial charge in [0, 0.05) is 19.2 Å². The molecule has 0 aliphatic heterocycles. The highest BCUT2D eigenvalue weighted by Gasteiger charge is 2.17. The molecule has 112 valence electrons. The van der Waals surface area contributed by atoms with Crippen LogP contribution < -0.4 is 10.1 Å². The fourth-order valence-electron chi connectivity index (χ4n) is 1.94. The van der Waals surface area contributed by atoms with Crippen molar-refractivity contribution in [3.05, 3.63) is 59.3 Å². The number of hydrogen-bond donors (Lipinski definition) is 2. The van der Waals surface area contributed by atoms with Crippen LogP contribution in [0.25, 0.3) is 0 Å². The monoisotopic (exact) mass is 294 g/mol. The van der Waals surface area contributed by atoms with Gasteiger partial charge in [0.15, 0.2) is 0 Å². The Kier molecular flexibility index (Phi) is 5.19. The lowest BCUT2D eigenvalue weighted by Gasteiger charge is -2.13. The average molecular weight is 294 g/mol. The molecular formula is C15H16F2N2O2. The van der Waals surface area contributed by atoms with Crippen LogP contribution in [-0.2, 0) is 6.54 Å². The first kappa shape index (κ1) is 15.3. The van der Waals surface area contributed by atoms with Gasteiger partial charge in [0.1, 0.15) is 11.6 Å². The lowest BCUT2D eigenvalue weighted by atomic mass is 10.1. The second-order valence-corrected chi connectivity index (χ2v) is 4.45. The van der Waals surface area contributed by atoms with Gasteiger partial charge in [-0.05, 0) is 18.2 Å². The number of rotatable bonds is 6. The summed E-state index contributed by atoms with van der Waals surface area (Å²) in [6, 6.07) is 8.78. The molecule has 0 saturated carbocycles. The highest BCUT2D eigenvalue weighted by atomic mass is 19.1. The molecule has 1 heterocycles. The molecule has 1 atom stereocenters. The molecule has 0 aliphatic carbocycles. The molecule has 0 saturated heterocycles. The molecule has 2 aromatic rings. The van der Waals surface area contributed by atoms with Crippen molar-refractivity contribution in [2.45, 2.75) is 12.6 Å². The van der Waals surface area contributed by atoms with Crippen LogP contribution in [-0.4, -0.2) is 23.7 Å². The van der Waals surface area contributed by atoms with Gasteiger partial charge in [0.2, 0.25) is 5.88 Å². The van der Waals surface area contributed by atoms with Gasteiger partial charge in [-0.3, -0.25) is 0 Å². The minimum Gasteiger partial charge on any atom is -0.481 e. The Morgan fingerprint density at radius 2 is 1.86 bits per heavy atom. The minimum atomic E-state index is -1.27. The fraction of sp³-hybridized carbons (Fsp3) is 0.267. The number of aromatic nitrogens is 1. The second kappa shape index (κ2) is 7.10. The van der Waals surface area contributed by atoms with E-state index in [0.717, 1.165) is 12.1 Å². The average Bonchev–Trinajstić information content (AvgIpc) is 2.47. The third kappa shape index (κ3) is 3.96. The zero-order chi connectivity index (χ0) is 15.2. The molecule has 2 N–H and O–H groups in total. The van der Waals surface area contributed by atoms with Crippen LogP contribution in [0.2, 0.25) is 0 Å². The molecule has 0 radical (unpaired) electrons. The van der Waals surface area contributed by atoms with E-state index in [9.17, 15) is 13.9 Å². The van der Waals surface area contributed by atoms with Crippen molar-refractivity contribution in [3.8, 4) is 5.88 Å². The largest absolute Gasteiger partial charge is 0.481 e. The maximum atomic E-state index is 13.5. The van der Waals surface area contributed by atoms with Gasteiger partial charge in [-0.2, -0.15) is 0 Å². The summed E-state index contributed by atoms with van der Waals surface area (Å²) in [5.41, 5.74) is 0.374. The first-order chi connectivity index (χ1) is 10.1. The third-order valence-electron chi connectivity index (χ3n) is 2.97. The molecule has 0 spiro atoms. The summed E-state index contributed by atoms with van der Waals surface area (Å²) in [6.45, 7) is 0.362. The number of nitrogens with one attached hydrogen (secondary N) is 1. The van der Waals surface area contributed by atoms with Gasteiger partial charge in [0.05, 0.1) is 24.5 Å². The van der Waals surface area contributed by atoms with Crippen molar-refractivity contribution in [2.75, 3.05) is 13.7 Å². The zero-order valence-electron chi connectivity index (χ0n) is 11.5. The summed E-state index contributed by atoms with van der Waals surface area (Å²) in [6.07, 6.45) is -1.27. The summed E-state index contributed by atoms with van der Waals surface area (Å²) in [5.74, 6) is -1.04. The Labute approximate surface area is 121 Å². The Balaban J connectivity index is 1.93. The van der Waals surface area contributed by atoms with E-state index in [1.54, 1.807) is 18.2 Å². The van der Waals surface area contributed by atoms with Gasteiger partial charge in [-0.15, -0.1) is 0 Å². The maximum Gasteiger partial charge on any atom is 0.213 e. The number of methoxy groups -OCH3 is 1. The molecule has 4 nitrogen and oxygen atoms in total. The van der Waals surface area contributed by atoms with Gasteiger partial charge in [0.25, 0.3) is 0 Å². The molecule has 0 fully saturated rings. The first-order valence-electron chi connectivity index (χ1n) is 6.44. The lowest BCUT2D eigenvalue weighted by molar-refractivity contribution is 0.164. The number of pyridine rings is 1. The van der Waals surface area contributed by atoms with Crippen LogP contribution in [0.1, 0.15) is 17.4 Å². The smallest absolute Gasteiger partial charge is 0.213 e. The van der Waals surface area contributed by atoms with E-state index in [4.69, 9.17) is 4.74 Å². The molecule has 1 aromatic carbocycles. The van der Waals surface area contributed by atoms with Crippen molar-refractivity contribution < 1.29 is 18.6 Å². The summed E-state index contributed by atoms with van der Waals surface area (Å²) in [4.78, 5) is 4.18. The number of hydrogen-bond acceptors (Lipinski definition) is 4. The Morgan fingerprint density at radius 3 is 2.52 bits per heavy atom. The normalized spacial score (nSPS) is 12.2. The Bertz CT molecular complexity index is 588. The number of aliphatic hydroxyl groups excluding tert-OH is 1. The highest BCUT2D eigenvalue weighted by molar-refractivity contribution is 5.22. The van der Waals surface area contributed by atoms with Crippen molar-refractivity contribution in [1.29, 1.82) is 0 Å². The standard InChI is InChI=1S/C15H16F2N2O2/c1-21-14-7-2-4-10(19-14)8-18-9-13(20)15-11(16)5-3-6-12(15)17/h2-7,13,18,20H,8-9H2,1H3. The number of halogens is 2. The summed E-state index contributed by atoms with van der Waals surface area (Å²) in [5, 5.41) is 12.8. The van der Waals surface area contributed by atoms with E-state index in [0.29, 0.717) is 18.1 Å². The van der Waals surface area contributed by atoms with Crippen molar-refractivity contribution in [3.63, 3.8) is 0 Å². The van der Waals surface area contributed by atoms with Gasteiger partial charge in [-0.25, -0.2) is 13.8 Å². The van der Waals surface area contributed by atoms with Crippen molar-refractivity contribution in [1.82, 2.24) is 10.3 Å². The zero-order valence-corrected chi connectivity index (χ0v) is 11.5. The van der Waals surface area contributed by atoms with Crippen LogP contribution in [0.3, 0.4) is 0 Å². The van der Waals surface area contributed by atoms with E-state index < -0.39 is 17.7 Å². The van der Waals surface area contributed by atoms with Crippen LogP contribution >= 0.6 is 0 Å². The van der Waals surface area contributed by atoms with Crippen molar-refractivity contribution >= 4 is 0 Å². The quantitative estimate of drug-likeness (QED) is 0.857. The number of benzene rings is 1. The van der Waals surface area contributed by atoms with Gasteiger partial charge < -0.3 is 15.2 Å². The summed E-state index contributed by atoms with van der Waals surface area (Å²) >= 11 is 0. The van der Waals surface area contributed by atoms with E-state index in [1.165, 1.54) is 13.2 Å². The van der Waals surface area contributed by atoms with Crippen LogP contribution in [0.15, 0.2) is 36.4 Å². The number of aliphatic hydroxyl groups is 1. The van der Waals surface area contributed by atoms with E-state index in [1.807, 2.05) is 0 Å². The molecular weight excluding hydrogens is 278 g/mol. The summed E-state index contributed by atoms with van der Waals surface area (Å²) < 4.78 is 32.0. The lowest BCUT2D eigenvalue weighted by Crippen LogP contribution is -2.23. The van der Waals surface area contributed by atoms with Crippen LogP contribution in [0.5, 0.6) is 5.88 Å². The van der Waals surface area contributed by atoms with Crippen LogP contribution in [0.4, 0.5) is 8.78 Å². The van der Waals surface area contributed by atoms with Gasteiger partial charge in [-0.1, -0.05) is 12.1 Å². The molecule has 2 rings (SSSR count). The Hall–Kier alpha value is -2.05. The Morgan fingerprint density at radius 1 is 1.19 bits per heavy atom. The van der Waals surface area contributed by atoms with Crippen molar-refractivity contribution in [2.24, 2.45) is 0 Å². The molecule has 6 heteroatoms. The van der Waals surface area contributed by atoms with E-state index >= 15 is 0 Å². The topological polar surface area (TPSA) is 54.4 Å². The molecule has 1 aromatic heterocycles. The SMILES string of the molecule is COc1cccc(CNCC(O)c2c(F)cccc2F)n1. The second-order valence-electron chi connectivity index (χ2n) is 4.45. The number of ether oxygens (including phenoxy) is 1. The van der Waals surface area contributed by atoms with Crippen LogP contribution in [0, 0.1) is 11.6 Å². The predicted molar refractivity (Wildman–Crippen MR) is 73.8 cm³/mol. The van der Waals surface area contributed by atoms with E-state index in [2.05, 4.69) is 10.3 Å². The van der Waals surface area contributed by atoms with E-state index in [-0.39, 0.29) is 12.1 Å². The molecule has 1 unspecified atom stereocenters. The molecule has 0 amide bonds. The van der Waals surface area contributed by atoms with Gasteiger partial charge >= 0.3 is 0 Å². The predicted octanol–water partition coefficient (Wildman–Crippen LogP) is 2.19. The minimum absolute atomic E-state index is 0.0107. The molecule has 0 aliphatic rings. The summed E-state index contributed by atoms with van der Waals surface area (Å²) in [7, 11) is 1.52. The fourth-order valence-corrected chi connectivity index (χ4v) is 1.94. The maximum absolute atomic E-state index is 13.5. The molecule has 0 bridgehead atoms. The highest BCUT2D eigenvalue weighted by Crippen LogP contribution is 2.20. The first-order valence-corrected chi connectivity index (χ1v) is 6.44. The molecule has 21 heavy (non-hydrogen) atoms.